The van der Waals surface area contributed by atoms with E-state index in [0.29, 0.717) is 11.6 Å². The number of rotatable bonds is 4. The minimum absolute atomic E-state index is 0.000803. The maximum Gasteiger partial charge on any atom is 0.227 e. The van der Waals surface area contributed by atoms with Gasteiger partial charge in [0.2, 0.25) is 5.71 Å². The van der Waals surface area contributed by atoms with Crippen molar-refractivity contribution in [1.82, 2.24) is 4.98 Å². The first kappa shape index (κ1) is 24.5. The first-order chi connectivity index (χ1) is 18.1. The summed E-state index contributed by atoms with van der Waals surface area (Å²) >= 11 is 0. The van der Waals surface area contributed by atoms with Crippen molar-refractivity contribution in [2.24, 2.45) is 5.92 Å². The Hall–Kier alpha value is -3.85. The lowest BCUT2D eigenvalue weighted by Gasteiger charge is -2.23. The molecule has 0 saturated heterocycles. The largest absolute Gasteiger partial charge is 0.461 e. The van der Waals surface area contributed by atoms with Gasteiger partial charge >= 0.3 is 0 Å². The van der Waals surface area contributed by atoms with Gasteiger partial charge in [0.1, 0.15) is 11.3 Å². The van der Waals surface area contributed by atoms with E-state index in [4.69, 9.17) is 13.8 Å². The second kappa shape index (κ2) is 8.87. The predicted octanol–water partition coefficient (Wildman–Crippen LogP) is 10.2. The van der Waals surface area contributed by atoms with E-state index in [-0.39, 0.29) is 5.41 Å². The van der Waals surface area contributed by atoms with Crippen molar-refractivity contribution in [2.45, 2.75) is 60.3 Å². The highest BCUT2D eigenvalue weighted by molar-refractivity contribution is 6.00. The molecular formula is C35H35NO2. The summed E-state index contributed by atoms with van der Waals surface area (Å²) in [5.41, 5.74) is 9.64. The number of aryl methyl sites for hydroxylation is 2. The highest BCUT2D eigenvalue weighted by Gasteiger charge is 2.21. The van der Waals surface area contributed by atoms with Crippen LogP contribution in [-0.2, 0) is 11.8 Å². The summed E-state index contributed by atoms with van der Waals surface area (Å²) < 4.78 is 12.1. The van der Waals surface area contributed by atoms with E-state index in [9.17, 15) is 0 Å². The third-order valence-corrected chi connectivity index (χ3v) is 7.61. The smallest absolute Gasteiger partial charge is 0.227 e. The van der Waals surface area contributed by atoms with E-state index in [0.717, 1.165) is 51.1 Å². The van der Waals surface area contributed by atoms with Gasteiger partial charge < -0.3 is 8.83 Å². The zero-order chi connectivity index (χ0) is 26.8. The van der Waals surface area contributed by atoms with Crippen molar-refractivity contribution in [3.63, 3.8) is 0 Å². The number of fused-ring (bicyclic) bond motifs is 3. The molecule has 0 radical (unpaired) electrons. The number of aromatic nitrogens is 1. The summed E-state index contributed by atoms with van der Waals surface area (Å²) in [6, 6.07) is 22.0. The van der Waals surface area contributed by atoms with E-state index < -0.39 is 0 Å². The van der Waals surface area contributed by atoms with Crippen LogP contribution in [0.3, 0.4) is 0 Å². The average molecular weight is 502 g/mol. The molecule has 0 fully saturated rings. The Morgan fingerprint density at radius 1 is 0.868 bits per heavy atom. The van der Waals surface area contributed by atoms with Crippen LogP contribution in [0.4, 0.5) is 0 Å². The lowest BCUT2D eigenvalue weighted by atomic mass is 9.82. The predicted molar refractivity (Wildman–Crippen MR) is 159 cm³/mol. The summed E-state index contributed by atoms with van der Waals surface area (Å²) in [4.78, 5) is 5.02. The first-order valence-corrected chi connectivity index (χ1v) is 13.5. The Bertz CT molecular complexity index is 1820. The van der Waals surface area contributed by atoms with Gasteiger partial charge in [0.25, 0.3) is 0 Å². The Morgan fingerprint density at radius 3 is 2.42 bits per heavy atom. The Morgan fingerprint density at radius 2 is 1.66 bits per heavy atom. The van der Waals surface area contributed by atoms with Crippen LogP contribution in [-0.4, -0.2) is 4.98 Å². The fourth-order valence-corrected chi connectivity index (χ4v) is 5.75. The monoisotopic (exact) mass is 501 g/mol. The van der Waals surface area contributed by atoms with E-state index in [1.807, 2.05) is 6.26 Å². The van der Waals surface area contributed by atoms with Gasteiger partial charge in [-0.25, -0.2) is 4.98 Å². The highest BCUT2D eigenvalue weighted by Crippen LogP contribution is 2.40. The number of nitrogens with zero attached hydrogens (tertiary/aromatic N) is 1. The Balaban J connectivity index is 1.60. The standard InChI is InChI=1S/C35H35NO2/c1-20(2)14-27-22(4)38-32-13-12-24(16-29(27)32)28-18-31(36-34-33(28)21(3)19-37-34)25-15-23-10-8-9-11-26(23)30(17-25)35(5,6)7/h8-13,15-20H,14H2,1-7H3. The third kappa shape index (κ3) is 4.11. The molecule has 6 aromatic rings. The van der Waals surface area contributed by atoms with Gasteiger partial charge in [-0.2, -0.15) is 0 Å². The average Bonchev–Trinajstić information content (AvgIpc) is 3.40. The quantitative estimate of drug-likeness (QED) is 0.241. The molecule has 3 heteroatoms. The van der Waals surface area contributed by atoms with Crippen LogP contribution in [0.2, 0.25) is 0 Å². The summed E-state index contributed by atoms with van der Waals surface area (Å²) in [6.45, 7) is 15.5. The zero-order valence-electron chi connectivity index (χ0n) is 23.4. The lowest BCUT2D eigenvalue weighted by Crippen LogP contribution is -2.12. The molecule has 0 saturated carbocycles. The molecule has 3 nitrogen and oxygen atoms in total. The lowest BCUT2D eigenvalue weighted by molar-refractivity contribution is 0.560. The minimum Gasteiger partial charge on any atom is -0.461 e. The maximum absolute atomic E-state index is 6.14. The third-order valence-electron chi connectivity index (χ3n) is 7.61. The Kier molecular flexibility index (Phi) is 5.72. The van der Waals surface area contributed by atoms with Crippen LogP contribution in [0, 0.1) is 19.8 Å². The minimum atomic E-state index is 0.000803. The van der Waals surface area contributed by atoms with Gasteiger partial charge in [0, 0.05) is 16.5 Å². The normalized spacial score (nSPS) is 12.4. The molecule has 0 unspecified atom stereocenters. The van der Waals surface area contributed by atoms with Gasteiger partial charge in [0.05, 0.1) is 17.3 Å². The molecule has 0 aliphatic heterocycles. The Labute approximate surface area is 224 Å². The first-order valence-electron chi connectivity index (χ1n) is 13.5. The van der Waals surface area contributed by atoms with E-state index in [2.05, 4.69) is 109 Å². The van der Waals surface area contributed by atoms with Crippen LogP contribution in [0.1, 0.15) is 57.1 Å². The number of pyridine rings is 1. The summed E-state index contributed by atoms with van der Waals surface area (Å²) in [7, 11) is 0. The van der Waals surface area contributed by atoms with Crippen LogP contribution >= 0.6 is 0 Å². The molecule has 0 atom stereocenters. The van der Waals surface area contributed by atoms with Crippen molar-refractivity contribution < 1.29 is 8.83 Å². The molecule has 192 valence electrons. The van der Waals surface area contributed by atoms with Gasteiger partial charge in [-0.05, 0) is 95.0 Å². The van der Waals surface area contributed by atoms with E-state index in [1.165, 1.54) is 27.3 Å². The van der Waals surface area contributed by atoms with Crippen molar-refractivity contribution in [3.05, 3.63) is 89.4 Å². The highest BCUT2D eigenvalue weighted by atomic mass is 16.3. The summed E-state index contributed by atoms with van der Waals surface area (Å²) in [5, 5.41) is 4.78. The molecule has 3 heterocycles. The fraction of sp³-hybridized carbons (Fsp3) is 0.286. The number of hydrogen-bond acceptors (Lipinski definition) is 3. The van der Waals surface area contributed by atoms with Gasteiger partial charge in [-0.15, -0.1) is 0 Å². The molecule has 0 aliphatic rings. The van der Waals surface area contributed by atoms with Crippen LogP contribution in [0.5, 0.6) is 0 Å². The SMILES string of the molecule is Cc1oc2ccc(-c3cc(-c4cc(C(C)(C)C)c5ccccc5c4)nc4occ(C)c34)cc2c1CC(C)C. The molecule has 0 amide bonds. The topological polar surface area (TPSA) is 39.2 Å². The fourth-order valence-electron chi connectivity index (χ4n) is 5.75. The van der Waals surface area contributed by atoms with Crippen LogP contribution < -0.4 is 0 Å². The molecule has 0 bridgehead atoms. The molecule has 3 aromatic heterocycles. The maximum atomic E-state index is 6.14. The van der Waals surface area contributed by atoms with Gasteiger partial charge in [0.15, 0.2) is 0 Å². The van der Waals surface area contributed by atoms with Crippen LogP contribution in [0.25, 0.3) is 55.2 Å². The molecule has 38 heavy (non-hydrogen) atoms. The van der Waals surface area contributed by atoms with E-state index >= 15 is 0 Å². The van der Waals surface area contributed by atoms with E-state index in [1.54, 1.807) is 0 Å². The molecule has 0 aliphatic carbocycles. The van der Waals surface area contributed by atoms with Crippen molar-refractivity contribution in [3.8, 4) is 22.4 Å². The summed E-state index contributed by atoms with van der Waals surface area (Å²) in [5.74, 6) is 1.57. The van der Waals surface area contributed by atoms with Gasteiger partial charge in [-0.3, -0.25) is 0 Å². The zero-order valence-corrected chi connectivity index (χ0v) is 23.4. The van der Waals surface area contributed by atoms with Gasteiger partial charge in [-0.1, -0.05) is 65.0 Å². The second-order valence-corrected chi connectivity index (χ2v) is 12.1. The van der Waals surface area contributed by atoms with Crippen molar-refractivity contribution in [1.29, 1.82) is 0 Å². The summed E-state index contributed by atoms with van der Waals surface area (Å²) in [6.07, 6.45) is 2.81. The molecule has 3 aromatic carbocycles. The number of furan rings is 2. The molecular weight excluding hydrogens is 466 g/mol. The number of hydrogen-bond donors (Lipinski definition) is 0. The molecule has 0 N–H and O–H groups in total. The molecule has 0 spiro atoms. The van der Waals surface area contributed by atoms with Crippen LogP contribution in [0.15, 0.2) is 75.8 Å². The number of benzene rings is 3. The molecule has 6 rings (SSSR count). The van der Waals surface area contributed by atoms with Crippen molar-refractivity contribution in [2.75, 3.05) is 0 Å². The van der Waals surface area contributed by atoms with Crippen molar-refractivity contribution >= 4 is 32.8 Å². The second-order valence-electron chi connectivity index (χ2n) is 12.1.